The summed E-state index contributed by atoms with van der Waals surface area (Å²) in [5, 5.41) is 0. The van der Waals surface area contributed by atoms with Gasteiger partial charge >= 0.3 is 7.82 Å². The Bertz CT molecular complexity index is 196. The van der Waals surface area contributed by atoms with Gasteiger partial charge in [0.25, 0.3) is 0 Å². The quantitative estimate of drug-likeness (QED) is 0.516. The van der Waals surface area contributed by atoms with E-state index in [1.54, 1.807) is 0 Å². The lowest BCUT2D eigenvalue weighted by atomic mass is 10.1. The Labute approximate surface area is 72.5 Å². The fourth-order valence-electron chi connectivity index (χ4n) is 0.878. The van der Waals surface area contributed by atoms with Crippen molar-refractivity contribution in [3.63, 3.8) is 0 Å². The van der Waals surface area contributed by atoms with Gasteiger partial charge in [0.1, 0.15) is 0 Å². The van der Waals surface area contributed by atoms with E-state index in [0.29, 0.717) is 0 Å². The Balaban J connectivity index is 3.65. The van der Waals surface area contributed by atoms with Crippen LogP contribution in [0.5, 0.6) is 0 Å². The molecule has 72 valence electrons. The molecule has 0 aliphatic rings. The molecule has 0 spiro atoms. The van der Waals surface area contributed by atoms with E-state index in [1.807, 2.05) is 13.8 Å². The molecule has 0 rings (SSSR count). The van der Waals surface area contributed by atoms with E-state index < -0.39 is 7.82 Å². The maximum Gasteiger partial charge on any atom is 0.469 e. The number of hydrogen-bond acceptors (Lipinski definition) is 2. The normalized spacial score (nSPS) is 14.3. The summed E-state index contributed by atoms with van der Waals surface area (Å²) in [6.07, 6.45) is 0.722. The molecule has 1 atom stereocenters. The van der Waals surface area contributed by atoms with Crippen LogP contribution in [-0.2, 0) is 9.09 Å². The molecule has 0 saturated carbocycles. The maximum atomic E-state index is 10.3. The maximum absolute atomic E-state index is 10.3. The van der Waals surface area contributed by atoms with E-state index in [0.717, 1.165) is 12.0 Å². The third-order valence-corrected chi connectivity index (χ3v) is 1.71. The third-order valence-electron chi connectivity index (χ3n) is 1.22. The highest BCUT2D eigenvalue weighted by Gasteiger charge is 2.15. The molecule has 0 bridgehead atoms. The molecular formula is C7H15O4P. The van der Waals surface area contributed by atoms with Crippen LogP contribution in [0, 0.1) is 5.92 Å². The molecule has 0 aromatic rings. The van der Waals surface area contributed by atoms with Crippen LogP contribution in [0.1, 0.15) is 20.3 Å². The second kappa shape index (κ2) is 4.77. The molecule has 0 aliphatic heterocycles. The van der Waals surface area contributed by atoms with Gasteiger partial charge in [0.2, 0.25) is 0 Å². The lowest BCUT2D eigenvalue weighted by Gasteiger charge is -2.11. The van der Waals surface area contributed by atoms with Gasteiger partial charge in [0, 0.05) is 0 Å². The van der Waals surface area contributed by atoms with E-state index in [1.165, 1.54) is 0 Å². The highest BCUT2D eigenvalue weighted by Crippen LogP contribution is 2.36. The molecule has 12 heavy (non-hydrogen) atoms. The highest BCUT2D eigenvalue weighted by atomic mass is 31.2. The minimum Gasteiger partial charge on any atom is -0.303 e. The smallest absolute Gasteiger partial charge is 0.303 e. The molecule has 0 saturated heterocycles. The van der Waals surface area contributed by atoms with Crippen LogP contribution in [0.4, 0.5) is 0 Å². The van der Waals surface area contributed by atoms with Gasteiger partial charge in [-0.2, -0.15) is 0 Å². The molecule has 0 aromatic carbocycles. The topological polar surface area (TPSA) is 66.8 Å². The summed E-state index contributed by atoms with van der Waals surface area (Å²) in [5.41, 5.74) is 0.983. The van der Waals surface area contributed by atoms with Crippen LogP contribution in [0.15, 0.2) is 12.2 Å². The zero-order chi connectivity index (χ0) is 9.78. The summed E-state index contributed by atoms with van der Waals surface area (Å²) >= 11 is 0. The fraction of sp³-hybridized carbons (Fsp3) is 0.714. The van der Waals surface area contributed by atoms with Crippen LogP contribution >= 0.6 is 7.82 Å². The minimum absolute atomic E-state index is 0.0666. The lowest BCUT2D eigenvalue weighted by Crippen LogP contribution is -2.04. The largest absolute Gasteiger partial charge is 0.469 e. The molecule has 5 heteroatoms. The van der Waals surface area contributed by atoms with Crippen molar-refractivity contribution >= 4 is 7.82 Å². The third kappa shape index (κ3) is 7.95. The summed E-state index contributed by atoms with van der Waals surface area (Å²) in [5.74, 6) is 0.0927. The van der Waals surface area contributed by atoms with E-state index >= 15 is 0 Å². The van der Waals surface area contributed by atoms with E-state index in [9.17, 15) is 4.57 Å². The monoisotopic (exact) mass is 194 g/mol. The van der Waals surface area contributed by atoms with Gasteiger partial charge in [-0.3, -0.25) is 4.52 Å². The van der Waals surface area contributed by atoms with Gasteiger partial charge in [-0.1, -0.05) is 12.5 Å². The minimum atomic E-state index is -4.29. The summed E-state index contributed by atoms with van der Waals surface area (Å²) in [7, 11) is -4.29. The van der Waals surface area contributed by atoms with Crippen molar-refractivity contribution in [2.24, 2.45) is 5.92 Å². The van der Waals surface area contributed by atoms with Gasteiger partial charge in [-0.05, 0) is 19.3 Å². The number of phosphoric ester groups is 1. The number of allylic oxidation sites excluding steroid dienone is 1. The van der Waals surface area contributed by atoms with Crippen molar-refractivity contribution < 1.29 is 18.9 Å². The fourth-order valence-corrected chi connectivity index (χ4v) is 1.33. The molecule has 0 aromatic heterocycles. The molecular weight excluding hydrogens is 179 g/mol. The van der Waals surface area contributed by atoms with Crippen LogP contribution < -0.4 is 0 Å². The Morgan fingerprint density at radius 1 is 1.67 bits per heavy atom. The van der Waals surface area contributed by atoms with Crippen LogP contribution in [0.25, 0.3) is 0 Å². The average molecular weight is 194 g/mol. The van der Waals surface area contributed by atoms with Crippen LogP contribution in [0.2, 0.25) is 0 Å². The van der Waals surface area contributed by atoms with Gasteiger partial charge < -0.3 is 9.79 Å². The van der Waals surface area contributed by atoms with Gasteiger partial charge in [-0.25, -0.2) is 4.57 Å². The zero-order valence-electron chi connectivity index (χ0n) is 7.36. The van der Waals surface area contributed by atoms with Gasteiger partial charge in [-0.15, -0.1) is 6.58 Å². The summed E-state index contributed by atoms with van der Waals surface area (Å²) in [6.45, 7) is 7.48. The molecule has 0 aliphatic carbocycles. The molecule has 2 N–H and O–H groups in total. The Morgan fingerprint density at radius 3 is 2.50 bits per heavy atom. The predicted octanol–water partition coefficient (Wildman–Crippen LogP) is 1.70. The van der Waals surface area contributed by atoms with Crippen molar-refractivity contribution in [2.45, 2.75) is 20.3 Å². The molecule has 0 heterocycles. The van der Waals surface area contributed by atoms with Crippen molar-refractivity contribution in [3.8, 4) is 0 Å². The van der Waals surface area contributed by atoms with Crippen molar-refractivity contribution in [1.82, 2.24) is 0 Å². The van der Waals surface area contributed by atoms with E-state index in [-0.39, 0.29) is 12.5 Å². The van der Waals surface area contributed by atoms with Crippen molar-refractivity contribution in [1.29, 1.82) is 0 Å². The van der Waals surface area contributed by atoms with Crippen molar-refractivity contribution in [2.75, 3.05) is 6.61 Å². The summed E-state index contributed by atoms with van der Waals surface area (Å²) in [6, 6.07) is 0. The Morgan fingerprint density at radius 2 is 2.17 bits per heavy atom. The summed E-state index contributed by atoms with van der Waals surface area (Å²) in [4.78, 5) is 16.7. The van der Waals surface area contributed by atoms with Gasteiger partial charge in [0.15, 0.2) is 0 Å². The number of phosphoric acid groups is 1. The zero-order valence-corrected chi connectivity index (χ0v) is 8.25. The number of hydrogen-bond donors (Lipinski definition) is 2. The second-order valence-electron chi connectivity index (χ2n) is 3.05. The highest BCUT2D eigenvalue weighted by molar-refractivity contribution is 7.46. The van der Waals surface area contributed by atoms with Crippen LogP contribution in [0.3, 0.4) is 0 Å². The predicted molar refractivity (Wildman–Crippen MR) is 46.6 cm³/mol. The Kier molecular flexibility index (Phi) is 4.71. The average Bonchev–Trinajstić information content (AvgIpc) is 1.80. The SMILES string of the molecule is C=C(C)CC(C)COP(=O)(O)O. The van der Waals surface area contributed by atoms with Gasteiger partial charge in [0.05, 0.1) is 6.61 Å². The van der Waals surface area contributed by atoms with E-state index in [4.69, 9.17) is 9.79 Å². The lowest BCUT2D eigenvalue weighted by molar-refractivity contribution is 0.172. The molecule has 1 unspecified atom stereocenters. The first-order valence-corrected chi connectivity index (χ1v) is 5.19. The standard InChI is InChI=1S/C7H15O4P/c1-6(2)4-7(3)5-11-12(8,9)10/h7H,1,4-5H2,2-3H3,(H2,8,9,10). The Hall–Kier alpha value is -0.150. The first-order valence-electron chi connectivity index (χ1n) is 3.65. The first-order chi connectivity index (χ1) is 5.31. The van der Waals surface area contributed by atoms with Crippen LogP contribution in [-0.4, -0.2) is 16.4 Å². The van der Waals surface area contributed by atoms with E-state index in [2.05, 4.69) is 11.1 Å². The second-order valence-corrected chi connectivity index (χ2v) is 4.29. The molecule has 0 amide bonds. The number of rotatable bonds is 5. The molecule has 4 nitrogen and oxygen atoms in total. The molecule has 0 fully saturated rings. The first kappa shape index (κ1) is 11.8. The molecule has 0 radical (unpaired) electrons. The van der Waals surface area contributed by atoms with Crippen molar-refractivity contribution in [3.05, 3.63) is 12.2 Å². The summed E-state index contributed by atoms with van der Waals surface area (Å²) < 4.78 is 14.6.